The van der Waals surface area contributed by atoms with Gasteiger partial charge in [-0.15, -0.1) is 0 Å². The van der Waals surface area contributed by atoms with Crippen molar-refractivity contribution in [2.75, 3.05) is 0 Å². The van der Waals surface area contributed by atoms with Gasteiger partial charge in [-0.2, -0.15) is 0 Å². The summed E-state index contributed by atoms with van der Waals surface area (Å²) in [7, 11) is 0. The molecule has 0 bridgehead atoms. The van der Waals surface area contributed by atoms with E-state index in [-0.39, 0.29) is 0 Å². The summed E-state index contributed by atoms with van der Waals surface area (Å²) in [6.45, 7) is 0. The van der Waals surface area contributed by atoms with Gasteiger partial charge in [0, 0.05) is 0 Å². The fraction of sp³-hybridized carbons (Fsp3) is 0.0476. The van der Waals surface area contributed by atoms with Crippen LogP contribution in [0.5, 0.6) is 0 Å². The molecule has 21 heavy (non-hydrogen) atoms. The van der Waals surface area contributed by atoms with Crippen LogP contribution in [-0.2, 0) is 6.42 Å². The molecule has 0 spiro atoms. The lowest BCUT2D eigenvalue weighted by Gasteiger charge is -2.10. The summed E-state index contributed by atoms with van der Waals surface area (Å²) in [6, 6.07) is 31.2. The summed E-state index contributed by atoms with van der Waals surface area (Å²) < 4.78 is 0. The largest absolute Gasteiger partial charge is 0.0622 e. The molecule has 0 aliphatic rings. The standard InChI is InChI=1S/C21H15/c1-2-7-16(8-3-1)15-19-11-6-10-18-14-13-17-9-4-5-12-20(17)21(18)19/h1-9,11-14H,15H2. The molecule has 0 N–H and O–H groups in total. The normalized spacial score (nSPS) is 11.0. The molecular formula is C21H15. The molecule has 0 saturated carbocycles. The van der Waals surface area contributed by atoms with Crippen LogP contribution in [-0.4, -0.2) is 0 Å². The van der Waals surface area contributed by atoms with Gasteiger partial charge in [-0.05, 0) is 45.2 Å². The average molecular weight is 267 g/mol. The second-order valence-corrected chi connectivity index (χ2v) is 5.37. The van der Waals surface area contributed by atoms with Crippen molar-refractivity contribution >= 4 is 21.5 Å². The van der Waals surface area contributed by atoms with E-state index in [1.165, 1.54) is 32.7 Å². The fourth-order valence-corrected chi connectivity index (χ4v) is 3.02. The predicted molar refractivity (Wildman–Crippen MR) is 89.5 cm³/mol. The predicted octanol–water partition coefficient (Wildman–Crippen LogP) is 5.38. The molecule has 4 aromatic carbocycles. The van der Waals surface area contributed by atoms with Gasteiger partial charge in [-0.3, -0.25) is 0 Å². The smallest absolute Gasteiger partial charge is 0.00194 e. The number of hydrogen-bond donors (Lipinski definition) is 0. The Bertz CT molecular complexity index is 905. The summed E-state index contributed by atoms with van der Waals surface area (Å²) in [5.41, 5.74) is 2.71. The number of benzene rings is 4. The highest BCUT2D eigenvalue weighted by atomic mass is 14.1. The maximum absolute atomic E-state index is 3.37. The highest BCUT2D eigenvalue weighted by Gasteiger charge is 2.06. The zero-order valence-corrected chi connectivity index (χ0v) is 11.7. The molecule has 0 atom stereocenters. The van der Waals surface area contributed by atoms with Gasteiger partial charge in [0.15, 0.2) is 0 Å². The second-order valence-electron chi connectivity index (χ2n) is 5.37. The first-order valence-corrected chi connectivity index (χ1v) is 7.27. The zero-order chi connectivity index (χ0) is 14.1. The van der Waals surface area contributed by atoms with E-state index in [1.54, 1.807) is 0 Å². The fourth-order valence-electron chi connectivity index (χ4n) is 3.02. The Morgan fingerprint density at radius 3 is 2.43 bits per heavy atom. The first kappa shape index (κ1) is 12.2. The second kappa shape index (κ2) is 5.06. The Balaban J connectivity index is 1.98. The van der Waals surface area contributed by atoms with Crippen LogP contribution < -0.4 is 0 Å². The van der Waals surface area contributed by atoms with Crippen molar-refractivity contribution in [2.24, 2.45) is 0 Å². The Morgan fingerprint density at radius 2 is 1.52 bits per heavy atom. The molecule has 0 saturated heterocycles. The quantitative estimate of drug-likeness (QED) is 0.427. The van der Waals surface area contributed by atoms with Crippen molar-refractivity contribution < 1.29 is 0 Å². The van der Waals surface area contributed by atoms with Gasteiger partial charge in [0.1, 0.15) is 0 Å². The van der Waals surface area contributed by atoms with E-state index in [0.29, 0.717) is 0 Å². The van der Waals surface area contributed by atoms with Crippen LogP contribution in [0.4, 0.5) is 0 Å². The lowest BCUT2D eigenvalue weighted by atomic mass is 9.94. The van der Waals surface area contributed by atoms with Crippen molar-refractivity contribution in [1.29, 1.82) is 0 Å². The maximum Gasteiger partial charge on any atom is -0.00194 e. The van der Waals surface area contributed by atoms with E-state index in [9.17, 15) is 0 Å². The highest BCUT2D eigenvalue weighted by molar-refractivity contribution is 6.09. The lowest BCUT2D eigenvalue weighted by Crippen LogP contribution is -1.90. The molecule has 4 rings (SSSR count). The van der Waals surface area contributed by atoms with E-state index in [1.807, 2.05) is 6.07 Å². The van der Waals surface area contributed by atoms with Crippen LogP contribution in [0.25, 0.3) is 21.5 Å². The van der Waals surface area contributed by atoms with E-state index >= 15 is 0 Å². The lowest BCUT2D eigenvalue weighted by molar-refractivity contribution is 1.22. The van der Waals surface area contributed by atoms with Crippen LogP contribution in [0.2, 0.25) is 0 Å². The molecule has 0 aromatic heterocycles. The number of fused-ring (bicyclic) bond motifs is 3. The van der Waals surface area contributed by atoms with E-state index < -0.39 is 0 Å². The van der Waals surface area contributed by atoms with Gasteiger partial charge < -0.3 is 0 Å². The summed E-state index contributed by atoms with van der Waals surface area (Å²) in [4.78, 5) is 0. The van der Waals surface area contributed by atoms with Crippen LogP contribution in [0.1, 0.15) is 11.1 Å². The van der Waals surface area contributed by atoms with Gasteiger partial charge in [-0.1, -0.05) is 78.9 Å². The highest BCUT2D eigenvalue weighted by Crippen LogP contribution is 2.29. The first-order chi connectivity index (χ1) is 10.4. The molecule has 0 nitrogen and oxygen atoms in total. The van der Waals surface area contributed by atoms with Crippen molar-refractivity contribution in [3.05, 3.63) is 96.1 Å². The summed E-state index contributed by atoms with van der Waals surface area (Å²) in [5.74, 6) is 0. The molecule has 0 aliphatic carbocycles. The van der Waals surface area contributed by atoms with Gasteiger partial charge in [-0.25, -0.2) is 0 Å². The molecule has 0 heteroatoms. The Labute approximate surface area is 124 Å². The third-order valence-electron chi connectivity index (χ3n) is 4.01. The van der Waals surface area contributed by atoms with Gasteiger partial charge in [0.05, 0.1) is 0 Å². The van der Waals surface area contributed by atoms with Crippen molar-refractivity contribution in [1.82, 2.24) is 0 Å². The molecule has 0 aliphatic heterocycles. The van der Waals surface area contributed by atoms with Gasteiger partial charge in [0.2, 0.25) is 0 Å². The molecule has 4 aromatic rings. The minimum atomic E-state index is 0.958. The molecule has 0 heterocycles. The zero-order valence-electron chi connectivity index (χ0n) is 11.7. The average Bonchev–Trinajstić information content (AvgIpc) is 2.56. The van der Waals surface area contributed by atoms with Crippen molar-refractivity contribution in [2.45, 2.75) is 6.42 Å². The molecular weight excluding hydrogens is 252 g/mol. The summed E-state index contributed by atoms with van der Waals surface area (Å²) in [5, 5.41) is 5.14. The molecule has 0 amide bonds. The van der Waals surface area contributed by atoms with Crippen LogP contribution in [0.15, 0.2) is 78.9 Å². The minimum Gasteiger partial charge on any atom is -0.0622 e. The monoisotopic (exact) mass is 267 g/mol. The molecule has 0 unspecified atom stereocenters. The van der Waals surface area contributed by atoms with Crippen LogP contribution in [0.3, 0.4) is 0 Å². The number of rotatable bonds is 2. The Kier molecular flexibility index (Phi) is 2.93. The van der Waals surface area contributed by atoms with E-state index in [4.69, 9.17) is 0 Å². The van der Waals surface area contributed by atoms with Crippen LogP contribution in [0, 0.1) is 6.07 Å². The van der Waals surface area contributed by atoms with Crippen molar-refractivity contribution in [3.8, 4) is 0 Å². The molecule has 1 radical (unpaired) electrons. The van der Waals surface area contributed by atoms with E-state index in [0.717, 1.165) is 6.42 Å². The van der Waals surface area contributed by atoms with Crippen molar-refractivity contribution in [3.63, 3.8) is 0 Å². The maximum atomic E-state index is 3.37. The summed E-state index contributed by atoms with van der Waals surface area (Å²) in [6.07, 6.45) is 0.958. The SMILES string of the molecule is [c]1ccc(Cc2ccccc2)c2c1ccc1ccccc12. The third kappa shape index (κ3) is 2.19. The third-order valence-corrected chi connectivity index (χ3v) is 4.01. The van der Waals surface area contributed by atoms with Crippen LogP contribution >= 0.6 is 0 Å². The van der Waals surface area contributed by atoms with Gasteiger partial charge in [0.25, 0.3) is 0 Å². The Hall–Kier alpha value is -2.60. The Morgan fingerprint density at radius 1 is 0.714 bits per heavy atom. The van der Waals surface area contributed by atoms with Gasteiger partial charge >= 0.3 is 0 Å². The topological polar surface area (TPSA) is 0 Å². The minimum absolute atomic E-state index is 0.958. The summed E-state index contributed by atoms with van der Waals surface area (Å²) >= 11 is 0. The molecule has 99 valence electrons. The first-order valence-electron chi connectivity index (χ1n) is 7.27. The number of hydrogen-bond acceptors (Lipinski definition) is 0. The van der Waals surface area contributed by atoms with E-state index in [2.05, 4.69) is 78.9 Å². The molecule has 0 fully saturated rings.